The molecule has 1 heterocycles. The van der Waals surface area contributed by atoms with Crippen LogP contribution in [0.25, 0.3) is 0 Å². The van der Waals surface area contributed by atoms with E-state index in [1.54, 1.807) is 10.9 Å². The number of aliphatic hydroxyl groups excluding tert-OH is 1. The molecule has 0 radical (unpaired) electrons. The Kier molecular flexibility index (Phi) is 4.11. The van der Waals surface area contributed by atoms with E-state index in [4.69, 9.17) is 16.6 Å². The highest BCUT2D eigenvalue weighted by Gasteiger charge is 2.10. The number of nitrogens with two attached hydrogens (primary N) is 2. The Morgan fingerprint density at radius 3 is 2.73 bits per heavy atom. The molecule has 1 amide bonds. The smallest absolute Gasteiger partial charge is 0.271 e. The topological polar surface area (TPSA) is 107 Å². The number of nitrogens with zero attached hydrogens (tertiary/aromatic N) is 2. The second-order valence-electron chi connectivity index (χ2n) is 3.34. The number of primary amides is 1. The van der Waals surface area contributed by atoms with Gasteiger partial charge in [-0.3, -0.25) is 9.48 Å². The van der Waals surface area contributed by atoms with Crippen molar-refractivity contribution in [2.24, 2.45) is 5.73 Å². The normalized spacial score (nSPS) is 10.5. The van der Waals surface area contributed by atoms with Crippen LogP contribution in [0.2, 0.25) is 0 Å². The average Bonchev–Trinajstić information content (AvgIpc) is 2.55. The lowest BCUT2D eigenvalue weighted by atomic mass is 10.2. The van der Waals surface area contributed by atoms with Crippen molar-refractivity contribution in [3.8, 4) is 0 Å². The van der Waals surface area contributed by atoms with Gasteiger partial charge < -0.3 is 16.6 Å². The maximum absolute atomic E-state index is 10.8. The third-order valence-electron chi connectivity index (χ3n) is 2.07. The number of carbonyl (C=O) groups is 1. The van der Waals surface area contributed by atoms with Crippen LogP contribution in [0.4, 0.5) is 5.69 Å². The Hall–Kier alpha value is -1.56. The van der Waals surface area contributed by atoms with Gasteiger partial charge in [-0.15, -0.1) is 0 Å². The molecule has 5 N–H and O–H groups in total. The highest BCUT2D eigenvalue weighted by Crippen LogP contribution is 2.09. The summed E-state index contributed by atoms with van der Waals surface area (Å²) in [7, 11) is 0. The molecule has 0 spiro atoms. The molecule has 0 aliphatic heterocycles. The minimum atomic E-state index is -0.610. The molecule has 0 aliphatic carbocycles. The summed E-state index contributed by atoms with van der Waals surface area (Å²) in [6, 6.07) is 0. The molecule has 6 nitrogen and oxygen atoms in total. The molecule has 1 aromatic rings. The van der Waals surface area contributed by atoms with Crippen LogP contribution in [-0.4, -0.2) is 27.4 Å². The van der Waals surface area contributed by atoms with Crippen LogP contribution >= 0.6 is 0 Å². The Balaban J connectivity index is 2.48. The highest BCUT2D eigenvalue weighted by atomic mass is 16.2. The molecular formula is C9H16N4O2. The number of hydrogen-bond acceptors (Lipinski definition) is 4. The lowest BCUT2D eigenvalue weighted by molar-refractivity contribution is 0.0995. The van der Waals surface area contributed by atoms with E-state index in [1.807, 2.05) is 0 Å². The molecule has 6 heteroatoms. The Morgan fingerprint density at radius 2 is 2.20 bits per heavy atom. The minimum absolute atomic E-state index is 0.122. The number of aliphatic hydroxyl groups is 1. The maximum atomic E-state index is 10.8. The van der Waals surface area contributed by atoms with E-state index in [2.05, 4.69) is 5.10 Å². The Morgan fingerprint density at radius 1 is 1.47 bits per heavy atom. The van der Waals surface area contributed by atoms with Crippen LogP contribution in [0.15, 0.2) is 6.20 Å². The molecule has 1 rings (SSSR count). The lowest BCUT2D eigenvalue weighted by Crippen LogP contribution is -2.14. The summed E-state index contributed by atoms with van der Waals surface area (Å²) in [4.78, 5) is 10.8. The number of rotatable bonds is 6. The third-order valence-corrected chi connectivity index (χ3v) is 2.07. The number of anilines is 1. The summed E-state index contributed by atoms with van der Waals surface area (Å²) in [5.41, 5.74) is 11.1. The van der Waals surface area contributed by atoms with Gasteiger partial charge in [0.15, 0.2) is 5.69 Å². The summed E-state index contributed by atoms with van der Waals surface area (Å²) >= 11 is 0. The van der Waals surface area contributed by atoms with E-state index < -0.39 is 5.91 Å². The first-order valence-corrected chi connectivity index (χ1v) is 4.88. The number of aryl methyl sites for hydroxylation is 1. The zero-order valence-electron chi connectivity index (χ0n) is 8.52. The van der Waals surface area contributed by atoms with Crippen molar-refractivity contribution in [2.75, 3.05) is 12.3 Å². The molecule has 0 fully saturated rings. The summed E-state index contributed by atoms with van der Waals surface area (Å²) in [6.45, 7) is 0.880. The predicted octanol–water partition coefficient (Wildman–Crippen LogP) is -0.273. The molecule has 0 saturated heterocycles. The average molecular weight is 212 g/mol. The first-order chi connectivity index (χ1) is 7.15. The zero-order chi connectivity index (χ0) is 11.3. The number of carbonyl (C=O) groups excluding carboxylic acids is 1. The quantitative estimate of drug-likeness (QED) is 0.564. The SMILES string of the molecule is NC(=O)c1nn(CCCCCO)cc1N. The lowest BCUT2D eigenvalue weighted by Gasteiger charge is -1.99. The van der Waals surface area contributed by atoms with Gasteiger partial charge in [0.05, 0.1) is 5.69 Å². The van der Waals surface area contributed by atoms with Gasteiger partial charge in [-0.25, -0.2) is 0 Å². The summed E-state index contributed by atoms with van der Waals surface area (Å²) in [6.07, 6.45) is 4.18. The second-order valence-corrected chi connectivity index (χ2v) is 3.34. The van der Waals surface area contributed by atoms with Crippen molar-refractivity contribution >= 4 is 11.6 Å². The maximum Gasteiger partial charge on any atom is 0.271 e. The van der Waals surface area contributed by atoms with Crippen LogP contribution in [0.5, 0.6) is 0 Å². The van der Waals surface area contributed by atoms with E-state index in [0.717, 1.165) is 19.3 Å². The first-order valence-electron chi connectivity index (χ1n) is 4.88. The molecule has 0 unspecified atom stereocenters. The van der Waals surface area contributed by atoms with Gasteiger partial charge in [0.2, 0.25) is 0 Å². The van der Waals surface area contributed by atoms with Crippen LogP contribution in [-0.2, 0) is 6.54 Å². The Labute approximate surface area is 87.9 Å². The summed E-state index contributed by atoms with van der Waals surface area (Å²) in [5, 5.41) is 12.5. The number of aromatic nitrogens is 2. The fourth-order valence-corrected chi connectivity index (χ4v) is 1.31. The second kappa shape index (κ2) is 5.35. The van der Waals surface area contributed by atoms with Gasteiger partial charge in [0, 0.05) is 19.3 Å². The largest absolute Gasteiger partial charge is 0.396 e. The molecule has 84 valence electrons. The molecule has 0 aliphatic rings. The Bertz CT molecular complexity index is 335. The van der Waals surface area contributed by atoms with Gasteiger partial charge in [-0.1, -0.05) is 0 Å². The number of hydrogen-bond donors (Lipinski definition) is 3. The zero-order valence-corrected chi connectivity index (χ0v) is 8.52. The number of nitrogen functional groups attached to an aromatic ring is 1. The van der Waals surface area contributed by atoms with E-state index in [1.165, 1.54) is 0 Å². The van der Waals surface area contributed by atoms with Crippen molar-refractivity contribution in [2.45, 2.75) is 25.8 Å². The van der Waals surface area contributed by atoms with Crippen LogP contribution in [0, 0.1) is 0 Å². The molecule has 0 bridgehead atoms. The van der Waals surface area contributed by atoms with E-state index in [0.29, 0.717) is 12.2 Å². The molecule has 0 atom stereocenters. The van der Waals surface area contributed by atoms with Gasteiger partial charge in [-0.05, 0) is 19.3 Å². The molecule has 1 aromatic heterocycles. The van der Waals surface area contributed by atoms with Crippen molar-refractivity contribution < 1.29 is 9.90 Å². The van der Waals surface area contributed by atoms with Crippen molar-refractivity contribution in [3.63, 3.8) is 0 Å². The van der Waals surface area contributed by atoms with Crippen molar-refractivity contribution in [3.05, 3.63) is 11.9 Å². The molecule has 15 heavy (non-hydrogen) atoms. The highest BCUT2D eigenvalue weighted by molar-refractivity contribution is 5.95. The number of amides is 1. The predicted molar refractivity (Wildman–Crippen MR) is 56.1 cm³/mol. The van der Waals surface area contributed by atoms with Crippen LogP contribution < -0.4 is 11.5 Å². The molecule has 0 saturated carbocycles. The monoisotopic (exact) mass is 212 g/mol. The van der Waals surface area contributed by atoms with Crippen molar-refractivity contribution in [1.29, 1.82) is 0 Å². The fourth-order valence-electron chi connectivity index (χ4n) is 1.31. The van der Waals surface area contributed by atoms with Gasteiger partial charge in [0.25, 0.3) is 5.91 Å². The molecular weight excluding hydrogens is 196 g/mol. The van der Waals surface area contributed by atoms with Crippen LogP contribution in [0.3, 0.4) is 0 Å². The first kappa shape index (κ1) is 11.5. The summed E-state index contributed by atoms with van der Waals surface area (Å²) < 4.78 is 1.60. The summed E-state index contributed by atoms with van der Waals surface area (Å²) in [5.74, 6) is -0.610. The van der Waals surface area contributed by atoms with Gasteiger partial charge in [0.1, 0.15) is 0 Å². The molecule has 0 aromatic carbocycles. The fraction of sp³-hybridized carbons (Fsp3) is 0.556. The van der Waals surface area contributed by atoms with Gasteiger partial charge in [-0.2, -0.15) is 5.10 Å². The number of unbranched alkanes of at least 4 members (excludes halogenated alkanes) is 2. The standard InChI is InChI=1S/C9H16N4O2/c10-7-6-13(4-2-1-3-5-14)12-8(7)9(11)15/h6,14H,1-5,10H2,(H2,11,15). The van der Waals surface area contributed by atoms with Crippen LogP contribution in [0.1, 0.15) is 29.8 Å². The van der Waals surface area contributed by atoms with Crippen molar-refractivity contribution in [1.82, 2.24) is 9.78 Å². The van der Waals surface area contributed by atoms with E-state index in [9.17, 15) is 4.79 Å². The third kappa shape index (κ3) is 3.25. The van der Waals surface area contributed by atoms with Gasteiger partial charge >= 0.3 is 0 Å². The van der Waals surface area contributed by atoms with E-state index >= 15 is 0 Å². The van der Waals surface area contributed by atoms with E-state index in [-0.39, 0.29) is 12.3 Å². The minimum Gasteiger partial charge on any atom is -0.396 e.